The third kappa shape index (κ3) is 3.97. The van der Waals surface area contributed by atoms with Gasteiger partial charge in [-0.05, 0) is 32.0 Å². The fourth-order valence-electron chi connectivity index (χ4n) is 1.13. The summed E-state index contributed by atoms with van der Waals surface area (Å²) in [5.41, 5.74) is 0.130. The minimum atomic E-state index is -0.345. The van der Waals surface area contributed by atoms with Gasteiger partial charge in [-0.25, -0.2) is 0 Å². The van der Waals surface area contributed by atoms with E-state index in [1.807, 2.05) is 20.8 Å². The summed E-state index contributed by atoms with van der Waals surface area (Å²) in [7, 11) is 0. The Labute approximate surface area is 123 Å². The number of amides is 1. The lowest BCUT2D eigenvalue weighted by molar-refractivity contribution is 0.0914. The molecule has 1 aromatic carbocycles. The normalized spacial score (nSPS) is 13.3. The SMILES string of the molecule is CC(Br)C(C)(C)NC(=O)c1cc(Br)ccc1Cl. The van der Waals surface area contributed by atoms with E-state index >= 15 is 0 Å². The van der Waals surface area contributed by atoms with Gasteiger partial charge in [-0.3, -0.25) is 4.79 Å². The van der Waals surface area contributed by atoms with Crippen LogP contribution in [0.4, 0.5) is 0 Å². The molecule has 5 heteroatoms. The molecule has 0 aliphatic heterocycles. The van der Waals surface area contributed by atoms with Crippen molar-refractivity contribution >= 4 is 49.4 Å². The van der Waals surface area contributed by atoms with E-state index in [0.717, 1.165) is 4.47 Å². The van der Waals surface area contributed by atoms with Crippen molar-refractivity contribution in [3.8, 4) is 0 Å². The van der Waals surface area contributed by atoms with E-state index < -0.39 is 0 Å². The third-order valence-corrected chi connectivity index (χ3v) is 4.57. The molecule has 94 valence electrons. The van der Waals surface area contributed by atoms with Gasteiger partial charge in [0.2, 0.25) is 0 Å². The molecule has 1 atom stereocenters. The number of hydrogen-bond donors (Lipinski definition) is 1. The van der Waals surface area contributed by atoms with E-state index in [4.69, 9.17) is 11.6 Å². The molecule has 0 fully saturated rings. The number of carbonyl (C=O) groups is 1. The molecule has 0 saturated carbocycles. The summed E-state index contributed by atoms with van der Waals surface area (Å²) in [4.78, 5) is 12.3. The predicted octanol–water partition coefficient (Wildman–Crippen LogP) is 4.39. The van der Waals surface area contributed by atoms with Gasteiger partial charge in [0.1, 0.15) is 0 Å². The van der Waals surface area contributed by atoms with Gasteiger partial charge in [0.15, 0.2) is 0 Å². The number of halogens is 3. The quantitative estimate of drug-likeness (QED) is 0.771. The van der Waals surface area contributed by atoms with Crippen LogP contribution in [0.5, 0.6) is 0 Å². The van der Waals surface area contributed by atoms with Crippen LogP contribution in [-0.4, -0.2) is 16.3 Å². The Bertz CT molecular complexity index is 433. The molecule has 0 aliphatic carbocycles. The Hall–Kier alpha value is -0.0600. The summed E-state index contributed by atoms with van der Waals surface area (Å²) in [6, 6.07) is 5.22. The number of rotatable bonds is 3. The van der Waals surface area contributed by atoms with Crippen molar-refractivity contribution in [1.82, 2.24) is 5.32 Å². The van der Waals surface area contributed by atoms with Gasteiger partial charge < -0.3 is 5.32 Å². The molecule has 0 heterocycles. The molecule has 1 N–H and O–H groups in total. The van der Waals surface area contributed by atoms with Crippen LogP contribution in [0.15, 0.2) is 22.7 Å². The van der Waals surface area contributed by atoms with Crippen LogP contribution in [0.3, 0.4) is 0 Å². The smallest absolute Gasteiger partial charge is 0.253 e. The van der Waals surface area contributed by atoms with Gasteiger partial charge in [-0.15, -0.1) is 0 Å². The van der Waals surface area contributed by atoms with Crippen LogP contribution in [0.2, 0.25) is 5.02 Å². The number of carbonyl (C=O) groups excluding carboxylic acids is 1. The minimum absolute atomic E-state index is 0.157. The van der Waals surface area contributed by atoms with Crippen LogP contribution in [0.1, 0.15) is 31.1 Å². The highest BCUT2D eigenvalue weighted by atomic mass is 79.9. The van der Waals surface area contributed by atoms with Gasteiger partial charge in [0, 0.05) is 14.8 Å². The zero-order valence-electron chi connectivity index (χ0n) is 9.85. The monoisotopic (exact) mass is 381 g/mol. The van der Waals surface area contributed by atoms with E-state index in [2.05, 4.69) is 37.2 Å². The zero-order chi connectivity index (χ0) is 13.2. The molecule has 0 aliphatic rings. The number of hydrogen-bond acceptors (Lipinski definition) is 1. The predicted molar refractivity (Wildman–Crippen MR) is 79.1 cm³/mol. The summed E-state index contributed by atoms with van der Waals surface area (Å²) in [6.07, 6.45) is 0. The van der Waals surface area contributed by atoms with Crippen LogP contribution < -0.4 is 5.32 Å². The lowest BCUT2D eigenvalue weighted by atomic mass is 10.0. The molecule has 0 radical (unpaired) electrons. The second-order valence-corrected chi connectivity index (χ2v) is 7.11. The number of benzene rings is 1. The number of alkyl halides is 1. The fourth-order valence-corrected chi connectivity index (χ4v) is 1.81. The van der Waals surface area contributed by atoms with E-state index in [-0.39, 0.29) is 16.3 Å². The van der Waals surface area contributed by atoms with Crippen LogP contribution in [0.25, 0.3) is 0 Å². The van der Waals surface area contributed by atoms with Crippen molar-refractivity contribution in [2.24, 2.45) is 0 Å². The Morgan fingerprint density at radius 2 is 2.06 bits per heavy atom. The number of nitrogens with one attached hydrogen (secondary N) is 1. The first-order valence-electron chi connectivity index (χ1n) is 5.15. The Balaban J connectivity index is 2.94. The van der Waals surface area contributed by atoms with Crippen LogP contribution in [0, 0.1) is 0 Å². The van der Waals surface area contributed by atoms with Gasteiger partial charge in [0.05, 0.1) is 10.6 Å². The molecule has 1 aromatic rings. The minimum Gasteiger partial charge on any atom is -0.346 e. The molecular formula is C12H14Br2ClNO. The Kier molecular flexibility index (Phi) is 5.05. The summed E-state index contributed by atoms with van der Waals surface area (Å²) >= 11 is 12.8. The molecule has 2 nitrogen and oxygen atoms in total. The maximum atomic E-state index is 12.1. The first kappa shape index (κ1) is 15.0. The summed E-state index contributed by atoms with van der Waals surface area (Å²) < 4.78 is 0.830. The summed E-state index contributed by atoms with van der Waals surface area (Å²) in [5, 5.41) is 3.40. The van der Waals surface area contributed by atoms with Crippen molar-refractivity contribution in [2.75, 3.05) is 0 Å². The average molecular weight is 384 g/mol. The lowest BCUT2D eigenvalue weighted by Crippen LogP contribution is -2.48. The van der Waals surface area contributed by atoms with Crippen molar-refractivity contribution in [3.05, 3.63) is 33.3 Å². The second-order valence-electron chi connectivity index (χ2n) is 4.42. The van der Waals surface area contributed by atoms with Crippen molar-refractivity contribution in [1.29, 1.82) is 0 Å². The highest BCUT2D eigenvalue weighted by Crippen LogP contribution is 2.23. The largest absolute Gasteiger partial charge is 0.346 e. The third-order valence-electron chi connectivity index (χ3n) is 2.60. The Morgan fingerprint density at radius 1 is 1.47 bits per heavy atom. The molecule has 1 rings (SSSR count). The van der Waals surface area contributed by atoms with Gasteiger partial charge in [0.25, 0.3) is 5.91 Å². The highest BCUT2D eigenvalue weighted by Gasteiger charge is 2.26. The topological polar surface area (TPSA) is 29.1 Å². The summed E-state index contributed by atoms with van der Waals surface area (Å²) in [5.74, 6) is -0.174. The molecule has 0 aromatic heterocycles. The Morgan fingerprint density at radius 3 is 2.59 bits per heavy atom. The van der Waals surface area contributed by atoms with Crippen LogP contribution in [-0.2, 0) is 0 Å². The maximum Gasteiger partial charge on any atom is 0.253 e. The highest BCUT2D eigenvalue weighted by molar-refractivity contribution is 9.10. The van der Waals surface area contributed by atoms with Crippen molar-refractivity contribution < 1.29 is 4.79 Å². The second kappa shape index (κ2) is 5.72. The van der Waals surface area contributed by atoms with E-state index in [0.29, 0.717) is 10.6 Å². The standard InChI is InChI=1S/C12H14Br2ClNO/c1-7(13)12(2,3)16-11(17)9-6-8(14)4-5-10(9)15/h4-7H,1-3H3,(H,16,17). The maximum absolute atomic E-state index is 12.1. The molecule has 1 amide bonds. The lowest BCUT2D eigenvalue weighted by Gasteiger charge is -2.29. The molecule has 0 spiro atoms. The average Bonchev–Trinajstić information content (AvgIpc) is 2.20. The molecule has 1 unspecified atom stereocenters. The molecule has 0 saturated heterocycles. The molecular weight excluding hydrogens is 369 g/mol. The van der Waals surface area contributed by atoms with Crippen LogP contribution >= 0.6 is 43.5 Å². The molecule has 17 heavy (non-hydrogen) atoms. The van der Waals surface area contributed by atoms with Gasteiger partial charge >= 0.3 is 0 Å². The summed E-state index contributed by atoms with van der Waals surface area (Å²) in [6.45, 7) is 5.90. The first-order chi connectivity index (χ1) is 7.74. The zero-order valence-corrected chi connectivity index (χ0v) is 13.8. The van der Waals surface area contributed by atoms with E-state index in [9.17, 15) is 4.79 Å². The first-order valence-corrected chi connectivity index (χ1v) is 7.24. The van der Waals surface area contributed by atoms with E-state index in [1.54, 1.807) is 18.2 Å². The van der Waals surface area contributed by atoms with Gasteiger partial charge in [-0.1, -0.05) is 50.4 Å². The van der Waals surface area contributed by atoms with Gasteiger partial charge in [-0.2, -0.15) is 0 Å². The molecule has 0 bridgehead atoms. The van der Waals surface area contributed by atoms with E-state index in [1.165, 1.54) is 0 Å². The fraction of sp³-hybridized carbons (Fsp3) is 0.417. The van der Waals surface area contributed by atoms with Crippen molar-refractivity contribution in [3.63, 3.8) is 0 Å². The van der Waals surface area contributed by atoms with Crippen molar-refractivity contribution in [2.45, 2.75) is 31.1 Å².